The summed E-state index contributed by atoms with van der Waals surface area (Å²) in [7, 11) is 0. The molecule has 0 unspecified atom stereocenters. The molecule has 0 fully saturated rings. The van der Waals surface area contributed by atoms with E-state index in [4.69, 9.17) is 0 Å². The van der Waals surface area contributed by atoms with Crippen LogP contribution in [0.3, 0.4) is 0 Å². The van der Waals surface area contributed by atoms with Crippen molar-refractivity contribution in [2.45, 2.75) is 20.4 Å². The molecule has 0 saturated heterocycles. The number of carbonyl (C=O) groups is 1. The molecule has 0 aliphatic carbocycles. The molecule has 0 spiro atoms. The first-order chi connectivity index (χ1) is 12.6. The lowest BCUT2D eigenvalue weighted by atomic mass is 10.2. The molecule has 3 rings (SSSR count). The number of para-hydroxylation sites is 3. The Kier molecular flexibility index (Phi) is 5.53. The fourth-order valence-corrected chi connectivity index (χ4v) is 3.11. The standard InChI is InChI=1S/C20H24N4O2/c1-3-23(4-2)13-14-24-17-11-7-6-10-16(17)21-20(24)22-19(26)15-9-5-8-12-18(15)25/h5-12,25H,3-4,13-14H2,1-2H3,(H,21,22,26)/p+1. The summed E-state index contributed by atoms with van der Waals surface area (Å²) in [5, 5.41) is 12.8. The van der Waals surface area contributed by atoms with Crippen molar-refractivity contribution in [1.29, 1.82) is 0 Å². The van der Waals surface area contributed by atoms with E-state index >= 15 is 0 Å². The summed E-state index contributed by atoms with van der Waals surface area (Å²) in [5.74, 6) is 0.0982. The maximum Gasteiger partial charge on any atom is 0.261 e. The van der Waals surface area contributed by atoms with Crippen LogP contribution in [-0.4, -0.2) is 40.2 Å². The molecule has 0 radical (unpaired) electrons. The monoisotopic (exact) mass is 353 g/mol. The Morgan fingerprint density at radius 2 is 1.81 bits per heavy atom. The predicted molar refractivity (Wildman–Crippen MR) is 103 cm³/mol. The van der Waals surface area contributed by atoms with E-state index in [1.807, 2.05) is 28.8 Å². The number of likely N-dealkylation sites (N-methyl/N-ethyl adjacent to an activating group) is 1. The summed E-state index contributed by atoms with van der Waals surface area (Å²) in [5.41, 5.74) is 2.07. The summed E-state index contributed by atoms with van der Waals surface area (Å²) < 4.78 is 2.04. The Morgan fingerprint density at radius 3 is 2.54 bits per heavy atom. The number of quaternary nitrogens is 1. The van der Waals surface area contributed by atoms with Crippen molar-refractivity contribution in [2.24, 2.45) is 0 Å². The Balaban J connectivity index is 1.90. The van der Waals surface area contributed by atoms with Gasteiger partial charge in [0.2, 0.25) is 5.95 Å². The minimum atomic E-state index is -0.366. The van der Waals surface area contributed by atoms with Gasteiger partial charge in [0, 0.05) is 0 Å². The van der Waals surface area contributed by atoms with Gasteiger partial charge < -0.3 is 14.6 Å². The zero-order chi connectivity index (χ0) is 18.5. The maximum absolute atomic E-state index is 12.6. The molecular weight excluding hydrogens is 328 g/mol. The van der Waals surface area contributed by atoms with E-state index in [1.54, 1.807) is 18.2 Å². The number of aromatic nitrogens is 2. The smallest absolute Gasteiger partial charge is 0.261 e. The van der Waals surface area contributed by atoms with E-state index in [1.165, 1.54) is 11.0 Å². The number of rotatable bonds is 7. The highest BCUT2D eigenvalue weighted by Crippen LogP contribution is 2.21. The third kappa shape index (κ3) is 3.70. The molecule has 0 bridgehead atoms. The number of nitrogens with one attached hydrogen (secondary N) is 2. The lowest BCUT2D eigenvalue weighted by Gasteiger charge is -2.17. The van der Waals surface area contributed by atoms with Gasteiger partial charge in [0.1, 0.15) is 5.75 Å². The van der Waals surface area contributed by atoms with Crippen LogP contribution in [0.25, 0.3) is 11.0 Å². The van der Waals surface area contributed by atoms with Crippen molar-refractivity contribution in [2.75, 3.05) is 25.0 Å². The average molecular weight is 353 g/mol. The number of amides is 1. The summed E-state index contributed by atoms with van der Waals surface area (Å²) >= 11 is 0. The second-order valence-corrected chi connectivity index (χ2v) is 6.25. The van der Waals surface area contributed by atoms with Gasteiger partial charge in [-0.2, -0.15) is 0 Å². The van der Waals surface area contributed by atoms with Crippen molar-refractivity contribution < 1.29 is 14.8 Å². The molecule has 26 heavy (non-hydrogen) atoms. The van der Waals surface area contributed by atoms with Crippen LogP contribution in [0, 0.1) is 0 Å². The Labute approximate surface area is 153 Å². The summed E-state index contributed by atoms with van der Waals surface area (Å²) in [6.07, 6.45) is 0. The number of carbonyl (C=O) groups excluding carboxylic acids is 1. The third-order valence-corrected chi connectivity index (χ3v) is 4.72. The van der Waals surface area contributed by atoms with Crippen LogP contribution in [0.2, 0.25) is 0 Å². The molecule has 3 N–H and O–H groups in total. The van der Waals surface area contributed by atoms with Crippen molar-refractivity contribution in [3.63, 3.8) is 0 Å². The minimum absolute atomic E-state index is 0.0414. The molecule has 3 aromatic rings. The van der Waals surface area contributed by atoms with Crippen molar-refractivity contribution in [1.82, 2.24) is 9.55 Å². The first-order valence-corrected chi connectivity index (χ1v) is 9.02. The van der Waals surface area contributed by atoms with Crippen LogP contribution in [0.4, 0.5) is 5.95 Å². The number of fused-ring (bicyclic) bond motifs is 1. The Hall–Kier alpha value is -2.86. The first-order valence-electron chi connectivity index (χ1n) is 9.02. The number of imidazole rings is 1. The zero-order valence-electron chi connectivity index (χ0n) is 15.2. The van der Waals surface area contributed by atoms with E-state index in [0.717, 1.165) is 37.2 Å². The van der Waals surface area contributed by atoms with Gasteiger partial charge in [0.15, 0.2) is 0 Å². The van der Waals surface area contributed by atoms with Gasteiger partial charge in [-0.15, -0.1) is 0 Å². The van der Waals surface area contributed by atoms with E-state index in [2.05, 4.69) is 24.1 Å². The quantitative estimate of drug-likeness (QED) is 0.608. The number of hydrogen-bond donors (Lipinski definition) is 3. The minimum Gasteiger partial charge on any atom is -0.507 e. The SMILES string of the molecule is CC[NH+](CC)CCn1c(NC(=O)c2ccccc2O)nc2ccccc21. The van der Waals surface area contributed by atoms with Gasteiger partial charge in [-0.05, 0) is 38.1 Å². The Morgan fingerprint density at radius 1 is 1.12 bits per heavy atom. The highest BCUT2D eigenvalue weighted by molar-refractivity contribution is 6.05. The zero-order valence-corrected chi connectivity index (χ0v) is 15.2. The summed E-state index contributed by atoms with van der Waals surface area (Å²) in [6.45, 7) is 8.17. The molecule has 6 nitrogen and oxygen atoms in total. The van der Waals surface area contributed by atoms with E-state index in [0.29, 0.717) is 5.95 Å². The summed E-state index contributed by atoms with van der Waals surface area (Å²) in [6, 6.07) is 14.4. The van der Waals surface area contributed by atoms with E-state index in [9.17, 15) is 9.90 Å². The first kappa shape index (κ1) is 17.9. The number of anilines is 1. The largest absolute Gasteiger partial charge is 0.507 e. The van der Waals surface area contributed by atoms with Gasteiger partial charge in [-0.3, -0.25) is 10.1 Å². The van der Waals surface area contributed by atoms with E-state index < -0.39 is 0 Å². The van der Waals surface area contributed by atoms with Crippen LogP contribution in [0.1, 0.15) is 24.2 Å². The molecule has 0 aliphatic rings. The van der Waals surface area contributed by atoms with Crippen molar-refractivity contribution in [3.8, 4) is 5.75 Å². The molecule has 136 valence electrons. The topological polar surface area (TPSA) is 71.6 Å². The number of phenols is 1. The molecular formula is C20H25N4O2+. The fourth-order valence-electron chi connectivity index (χ4n) is 3.11. The van der Waals surface area contributed by atoms with Gasteiger partial charge in [0.25, 0.3) is 5.91 Å². The Bertz CT molecular complexity index is 900. The van der Waals surface area contributed by atoms with Crippen molar-refractivity contribution >= 4 is 22.9 Å². The normalized spacial score (nSPS) is 11.2. The molecule has 2 aromatic carbocycles. The lowest BCUT2D eigenvalue weighted by Crippen LogP contribution is -3.11. The number of hydrogen-bond acceptors (Lipinski definition) is 3. The summed E-state index contributed by atoms with van der Waals surface area (Å²) in [4.78, 5) is 18.6. The van der Waals surface area contributed by atoms with Gasteiger partial charge >= 0.3 is 0 Å². The predicted octanol–water partition coefficient (Wildman–Crippen LogP) is 1.92. The number of nitrogens with zero attached hydrogens (tertiary/aromatic N) is 2. The lowest BCUT2D eigenvalue weighted by molar-refractivity contribution is -0.897. The highest BCUT2D eigenvalue weighted by atomic mass is 16.3. The van der Waals surface area contributed by atoms with Crippen LogP contribution in [0.5, 0.6) is 5.75 Å². The molecule has 1 amide bonds. The van der Waals surface area contributed by atoms with Crippen molar-refractivity contribution in [3.05, 3.63) is 54.1 Å². The van der Waals surface area contributed by atoms with E-state index in [-0.39, 0.29) is 17.2 Å². The molecule has 0 aliphatic heterocycles. The third-order valence-electron chi connectivity index (χ3n) is 4.72. The number of phenolic OH excluding ortho intramolecular Hbond substituents is 1. The highest BCUT2D eigenvalue weighted by Gasteiger charge is 2.17. The second-order valence-electron chi connectivity index (χ2n) is 6.25. The van der Waals surface area contributed by atoms with Gasteiger partial charge in [-0.1, -0.05) is 24.3 Å². The fraction of sp³-hybridized carbons (Fsp3) is 0.300. The van der Waals surface area contributed by atoms with Crippen LogP contribution in [-0.2, 0) is 6.54 Å². The van der Waals surface area contributed by atoms with Crippen LogP contribution < -0.4 is 10.2 Å². The van der Waals surface area contributed by atoms with Crippen LogP contribution >= 0.6 is 0 Å². The average Bonchev–Trinajstić information content (AvgIpc) is 3.00. The van der Waals surface area contributed by atoms with Gasteiger partial charge in [-0.25, -0.2) is 4.98 Å². The maximum atomic E-state index is 12.6. The molecule has 0 saturated carbocycles. The number of aromatic hydroxyl groups is 1. The van der Waals surface area contributed by atoms with Crippen LogP contribution in [0.15, 0.2) is 48.5 Å². The molecule has 0 atom stereocenters. The molecule has 6 heteroatoms. The second kappa shape index (κ2) is 8.01. The number of benzene rings is 2. The van der Waals surface area contributed by atoms with Gasteiger partial charge in [0.05, 0.1) is 42.8 Å². The molecule has 1 aromatic heterocycles. The molecule has 1 heterocycles.